The van der Waals surface area contributed by atoms with Crippen LogP contribution >= 0.6 is 0 Å². The zero-order chi connectivity index (χ0) is 24.5. The Balaban J connectivity index is 1.26. The molecule has 6 aromatic rings. The third-order valence-corrected chi connectivity index (χ3v) is 5.91. The number of nitrogens with two attached hydrogens (primary N) is 1. The average Bonchev–Trinajstić information content (AvgIpc) is 3.28. The van der Waals surface area contributed by atoms with Gasteiger partial charge in [0.05, 0.1) is 5.69 Å². The average molecular weight is 472 g/mol. The number of furan rings is 1. The molecule has 0 atom stereocenters. The van der Waals surface area contributed by atoms with E-state index in [1.54, 1.807) is 24.3 Å². The molecule has 4 aromatic carbocycles. The van der Waals surface area contributed by atoms with Gasteiger partial charge in [-0.1, -0.05) is 36.4 Å². The summed E-state index contributed by atoms with van der Waals surface area (Å²) in [5.74, 6) is 0.408. The molecule has 0 aliphatic carbocycles. The lowest BCUT2D eigenvalue weighted by Crippen LogP contribution is -2.11. The smallest absolute Gasteiger partial charge is 0.255 e. The highest BCUT2D eigenvalue weighted by molar-refractivity contribution is 6.09. The number of anilines is 4. The fourth-order valence-electron chi connectivity index (χ4n) is 4.18. The van der Waals surface area contributed by atoms with Crippen LogP contribution in [-0.4, -0.2) is 15.9 Å². The summed E-state index contributed by atoms with van der Waals surface area (Å²) in [5.41, 5.74) is 11.5. The number of hydrogen-bond acceptors (Lipinski definition) is 6. The van der Waals surface area contributed by atoms with Crippen molar-refractivity contribution in [2.75, 3.05) is 16.4 Å². The maximum Gasteiger partial charge on any atom is 0.255 e. The number of hydrogen-bond donors (Lipinski definition) is 3. The summed E-state index contributed by atoms with van der Waals surface area (Å²) in [4.78, 5) is 21.4. The second kappa shape index (κ2) is 8.88. The molecule has 1 amide bonds. The highest BCUT2D eigenvalue weighted by Crippen LogP contribution is 2.35. The summed E-state index contributed by atoms with van der Waals surface area (Å²) in [5, 5.41) is 8.32. The third-order valence-electron chi connectivity index (χ3n) is 5.91. The highest BCUT2D eigenvalue weighted by atomic mass is 16.3. The van der Waals surface area contributed by atoms with Gasteiger partial charge in [-0.3, -0.25) is 4.79 Å². The predicted octanol–water partition coefficient (Wildman–Crippen LogP) is 6.62. The summed E-state index contributed by atoms with van der Waals surface area (Å²) in [7, 11) is 0. The lowest BCUT2D eigenvalue weighted by atomic mass is 10.1. The highest BCUT2D eigenvalue weighted by Gasteiger charge is 2.13. The predicted molar refractivity (Wildman–Crippen MR) is 143 cm³/mol. The summed E-state index contributed by atoms with van der Waals surface area (Å²) in [6.07, 6.45) is 1.52. The normalized spacial score (nSPS) is 11.0. The van der Waals surface area contributed by atoms with Gasteiger partial charge in [0.15, 0.2) is 0 Å². The first kappa shape index (κ1) is 21.4. The maximum absolute atomic E-state index is 12.6. The molecule has 2 heterocycles. The van der Waals surface area contributed by atoms with Crippen LogP contribution in [0.4, 0.5) is 22.9 Å². The van der Waals surface area contributed by atoms with Gasteiger partial charge in [0, 0.05) is 45.0 Å². The van der Waals surface area contributed by atoms with Crippen LogP contribution in [0.5, 0.6) is 0 Å². The summed E-state index contributed by atoms with van der Waals surface area (Å²) in [6, 6.07) is 30.1. The van der Waals surface area contributed by atoms with E-state index in [2.05, 4.69) is 32.7 Å². The van der Waals surface area contributed by atoms with Crippen molar-refractivity contribution < 1.29 is 9.21 Å². The Bertz CT molecular complexity index is 1720. The number of amides is 1. The van der Waals surface area contributed by atoms with Gasteiger partial charge in [0.2, 0.25) is 0 Å². The van der Waals surface area contributed by atoms with Gasteiger partial charge >= 0.3 is 0 Å². The number of carbonyl (C=O) groups is 1. The van der Waals surface area contributed by atoms with Crippen LogP contribution in [0.3, 0.4) is 0 Å². The number of nitrogen functional groups attached to an aromatic ring is 1. The van der Waals surface area contributed by atoms with Crippen LogP contribution in [0, 0.1) is 0 Å². The SMILES string of the molecule is Nc1ccc(C(=O)Nc2cccc(Nc3cc(-c4cccc5c4oc4ccccc45)ncn3)c2)cc1. The fraction of sp³-hybridized carbons (Fsp3) is 0. The van der Waals surface area contributed by atoms with E-state index in [0.717, 1.165) is 38.9 Å². The molecule has 174 valence electrons. The molecule has 0 saturated heterocycles. The zero-order valence-electron chi connectivity index (χ0n) is 19.1. The molecular weight excluding hydrogens is 450 g/mol. The molecule has 7 nitrogen and oxygen atoms in total. The third kappa shape index (κ3) is 4.10. The van der Waals surface area contributed by atoms with Gasteiger partial charge in [-0.2, -0.15) is 0 Å². The Morgan fingerprint density at radius 3 is 2.44 bits per heavy atom. The summed E-state index contributed by atoms with van der Waals surface area (Å²) >= 11 is 0. The minimum Gasteiger partial charge on any atom is -0.455 e. The molecule has 0 radical (unpaired) electrons. The molecule has 2 aromatic heterocycles. The van der Waals surface area contributed by atoms with E-state index in [-0.39, 0.29) is 5.91 Å². The second-order valence-corrected chi connectivity index (χ2v) is 8.35. The number of para-hydroxylation sites is 2. The van der Waals surface area contributed by atoms with E-state index in [4.69, 9.17) is 10.2 Å². The van der Waals surface area contributed by atoms with Crippen molar-refractivity contribution in [3.8, 4) is 11.3 Å². The van der Waals surface area contributed by atoms with Crippen molar-refractivity contribution in [2.24, 2.45) is 0 Å². The Morgan fingerprint density at radius 1 is 0.778 bits per heavy atom. The lowest BCUT2D eigenvalue weighted by molar-refractivity contribution is 0.102. The van der Waals surface area contributed by atoms with Crippen LogP contribution in [0.25, 0.3) is 33.2 Å². The van der Waals surface area contributed by atoms with E-state index < -0.39 is 0 Å². The van der Waals surface area contributed by atoms with E-state index in [1.165, 1.54) is 6.33 Å². The van der Waals surface area contributed by atoms with E-state index in [9.17, 15) is 4.79 Å². The number of fused-ring (bicyclic) bond motifs is 3. The lowest BCUT2D eigenvalue weighted by Gasteiger charge is -2.10. The molecule has 36 heavy (non-hydrogen) atoms. The number of aromatic nitrogens is 2. The minimum atomic E-state index is -0.213. The molecule has 4 N–H and O–H groups in total. The van der Waals surface area contributed by atoms with Crippen LogP contribution in [0.2, 0.25) is 0 Å². The van der Waals surface area contributed by atoms with E-state index in [0.29, 0.717) is 22.8 Å². The number of rotatable bonds is 5. The molecule has 0 saturated carbocycles. The van der Waals surface area contributed by atoms with Crippen molar-refractivity contribution >= 4 is 50.7 Å². The van der Waals surface area contributed by atoms with Gasteiger partial charge in [0.25, 0.3) is 5.91 Å². The molecular formula is C29H21N5O2. The van der Waals surface area contributed by atoms with Gasteiger partial charge in [-0.25, -0.2) is 9.97 Å². The Kier molecular flexibility index (Phi) is 5.27. The maximum atomic E-state index is 12.6. The molecule has 0 fully saturated rings. The number of benzene rings is 4. The Labute approximate surface area is 206 Å². The molecule has 0 aliphatic heterocycles. The van der Waals surface area contributed by atoms with E-state index >= 15 is 0 Å². The van der Waals surface area contributed by atoms with Crippen molar-refractivity contribution in [1.29, 1.82) is 0 Å². The first-order valence-electron chi connectivity index (χ1n) is 11.4. The number of carbonyl (C=O) groups excluding carboxylic acids is 1. The van der Waals surface area contributed by atoms with Gasteiger partial charge < -0.3 is 20.8 Å². The quantitative estimate of drug-likeness (QED) is 0.244. The fourth-order valence-corrected chi connectivity index (χ4v) is 4.18. The van der Waals surface area contributed by atoms with Crippen LogP contribution < -0.4 is 16.4 Å². The minimum absolute atomic E-state index is 0.213. The van der Waals surface area contributed by atoms with Gasteiger partial charge in [-0.15, -0.1) is 0 Å². The first-order chi connectivity index (χ1) is 17.6. The molecule has 0 aliphatic rings. The summed E-state index contributed by atoms with van der Waals surface area (Å²) in [6.45, 7) is 0. The zero-order valence-corrected chi connectivity index (χ0v) is 19.1. The number of nitrogens with zero attached hydrogens (tertiary/aromatic N) is 2. The van der Waals surface area contributed by atoms with Crippen molar-refractivity contribution in [3.05, 3.63) is 109 Å². The standard InChI is InChI=1S/C29H21N5O2/c30-19-13-11-18(12-14-19)29(35)34-21-6-3-5-20(15-21)33-27-16-25(31-17-32-27)24-9-4-8-23-22-7-1-2-10-26(22)36-28(23)24/h1-17H,30H2,(H,34,35)(H,31,32,33). The van der Waals surface area contributed by atoms with E-state index in [1.807, 2.05) is 60.7 Å². The van der Waals surface area contributed by atoms with Crippen LogP contribution in [0.15, 0.2) is 108 Å². The van der Waals surface area contributed by atoms with Crippen LogP contribution in [-0.2, 0) is 0 Å². The van der Waals surface area contributed by atoms with Gasteiger partial charge in [0.1, 0.15) is 23.3 Å². The number of nitrogens with one attached hydrogen (secondary N) is 2. The molecule has 0 unspecified atom stereocenters. The summed E-state index contributed by atoms with van der Waals surface area (Å²) < 4.78 is 6.16. The van der Waals surface area contributed by atoms with Crippen molar-refractivity contribution in [1.82, 2.24) is 9.97 Å². The molecule has 0 bridgehead atoms. The van der Waals surface area contributed by atoms with Gasteiger partial charge in [-0.05, 0) is 54.6 Å². The topological polar surface area (TPSA) is 106 Å². The van der Waals surface area contributed by atoms with Crippen LogP contribution in [0.1, 0.15) is 10.4 Å². The Hall–Kier alpha value is -5.17. The second-order valence-electron chi connectivity index (χ2n) is 8.35. The molecule has 6 rings (SSSR count). The first-order valence-corrected chi connectivity index (χ1v) is 11.4. The van der Waals surface area contributed by atoms with Crippen molar-refractivity contribution in [2.45, 2.75) is 0 Å². The monoisotopic (exact) mass is 471 g/mol. The largest absolute Gasteiger partial charge is 0.455 e. The Morgan fingerprint density at radius 2 is 1.56 bits per heavy atom. The van der Waals surface area contributed by atoms with Crippen molar-refractivity contribution in [3.63, 3.8) is 0 Å². The molecule has 7 heteroatoms. The molecule has 0 spiro atoms.